The second kappa shape index (κ2) is 3.91. The molecule has 0 bridgehead atoms. The van der Waals surface area contributed by atoms with Gasteiger partial charge in [-0.1, -0.05) is 0 Å². The monoisotopic (exact) mass is 298 g/mol. The van der Waals surface area contributed by atoms with E-state index in [1.165, 1.54) is 27.8 Å². The topological polar surface area (TPSA) is 25.8 Å². The van der Waals surface area contributed by atoms with Crippen LogP contribution in [0.5, 0.6) is 0 Å². The Balaban J connectivity index is 1.87. The number of aromatic nitrogens is 2. The fourth-order valence-corrected chi connectivity index (χ4v) is 3.57. The van der Waals surface area contributed by atoms with E-state index in [4.69, 9.17) is 0 Å². The maximum absolute atomic E-state index is 4.19. The van der Waals surface area contributed by atoms with Crippen LogP contribution in [-0.4, -0.2) is 23.9 Å². The molecule has 0 spiro atoms. The molecule has 0 N–H and O–H groups in total. The summed E-state index contributed by atoms with van der Waals surface area (Å²) in [7, 11) is 0. The Kier molecular flexibility index (Phi) is 2.22. The normalized spacial score (nSPS) is 12.2. The molecular weight excluding hydrogens is 287 g/mol. The number of fused-ring (bicyclic) bond motifs is 3. The molecule has 0 unspecified atom stereocenters. The van der Waals surface area contributed by atoms with Gasteiger partial charge in [0.15, 0.2) is 0 Å². The van der Waals surface area contributed by atoms with E-state index in [0.717, 1.165) is 12.1 Å². The number of nitrogens with zero attached hydrogens (tertiary/aromatic N) is 2. The molecule has 3 heteroatoms. The predicted molar refractivity (Wildman–Crippen MR) is 72.7 cm³/mol. The van der Waals surface area contributed by atoms with Crippen LogP contribution in [0.25, 0.3) is 22.4 Å². The van der Waals surface area contributed by atoms with Gasteiger partial charge in [0.2, 0.25) is 0 Å². The minimum absolute atomic E-state index is 0.206. The van der Waals surface area contributed by atoms with E-state index < -0.39 is 0 Å². The van der Waals surface area contributed by atoms with E-state index in [1.54, 1.807) is 0 Å². The van der Waals surface area contributed by atoms with Gasteiger partial charge in [-0.05, 0) is 0 Å². The Bertz CT molecular complexity index is 717. The van der Waals surface area contributed by atoms with Crippen LogP contribution >= 0.6 is 0 Å². The van der Waals surface area contributed by atoms with E-state index in [2.05, 4.69) is 56.6 Å². The van der Waals surface area contributed by atoms with E-state index >= 15 is 0 Å². The van der Waals surface area contributed by atoms with Gasteiger partial charge in [0.1, 0.15) is 0 Å². The van der Waals surface area contributed by atoms with Crippen LogP contribution in [-0.2, 0) is 6.42 Å². The van der Waals surface area contributed by atoms with E-state index in [-0.39, 0.29) is 14.7 Å². The molecule has 18 heavy (non-hydrogen) atoms. The Hall–Kier alpha value is -1.70. The summed E-state index contributed by atoms with van der Waals surface area (Å²) in [6.07, 6.45) is 1.04. The molecule has 2 aromatic carbocycles. The van der Waals surface area contributed by atoms with E-state index in [1.807, 2.05) is 0 Å². The number of rotatable bonds is 1. The molecule has 0 atom stereocenters. The van der Waals surface area contributed by atoms with Crippen LogP contribution in [0.3, 0.4) is 0 Å². The zero-order valence-corrected chi connectivity index (χ0v) is 11.3. The van der Waals surface area contributed by atoms with Crippen molar-refractivity contribution < 1.29 is 0 Å². The van der Waals surface area contributed by atoms with Crippen LogP contribution in [0.1, 0.15) is 11.1 Å². The van der Waals surface area contributed by atoms with E-state index in [0.29, 0.717) is 0 Å². The first-order valence-electron chi connectivity index (χ1n) is 5.90. The Morgan fingerprint density at radius 2 is 1.83 bits per heavy atom. The van der Waals surface area contributed by atoms with Crippen molar-refractivity contribution in [3.05, 3.63) is 58.5 Å². The summed E-state index contributed by atoms with van der Waals surface area (Å²) in [5.74, 6) is 0. The van der Waals surface area contributed by atoms with Crippen molar-refractivity contribution in [2.45, 2.75) is 6.42 Å². The molecule has 2 nitrogen and oxygen atoms in total. The van der Waals surface area contributed by atoms with Crippen LogP contribution in [0, 0.1) is 0 Å². The molecule has 86 valence electrons. The summed E-state index contributed by atoms with van der Waals surface area (Å²) in [6, 6.07) is 15.3. The van der Waals surface area contributed by atoms with Crippen LogP contribution < -0.4 is 0 Å². The third-order valence-electron chi connectivity index (χ3n) is 3.45. The number of hydrogen-bond donors (Lipinski definition) is 0. The van der Waals surface area contributed by atoms with Crippen molar-refractivity contribution in [2.24, 2.45) is 0 Å². The summed E-state index contributed by atoms with van der Waals surface area (Å²) in [5, 5.41) is 4.19. The van der Waals surface area contributed by atoms with Crippen molar-refractivity contribution >= 4 is 14.7 Å². The summed E-state index contributed by atoms with van der Waals surface area (Å²) in [6.45, 7) is 0. The summed E-state index contributed by atoms with van der Waals surface area (Å²) in [4.78, 5) is 2.14. The van der Waals surface area contributed by atoms with Crippen molar-refractivity contribution in [1.82, 2.24) is 9.19 Å². The molecule has 1 aromatic heterocycles. The minimum atomic E-state index is 0.206. The Labute approximate surface area is 111 Å². The van der Waals surface area contributed by atoms with Gasteiger partial charge in [-0.25, -0.2) is 0 Å². The first-order chi connectivity index (χ1) is 8.92. The Morgan fingerprint density at radius 3 is 2.72 bits per heavy atom. The second-order valence-corrected chi connectivity index (χ2v) is 5.78. The Morgan fingerprint density at radius 1 is 0.944 bits per heavy atom. The zero-order valence-electron chi connectivity index (χ0n) is 9.63. The first kappa shape index (κ1) is 10.2. The molecule has 4 rings (SSSR count). The molecule has 1 aliphatic rings. The van der Waals surface area contributed by atoms with Gasteiger partial charge in [-0.3, -0.25) is 0 Å². The third kappa shape index (κ3) is 1.48. The first-order valence-corrected chi connectivity index (χ1v) is 7.66. The van der Waals surface area contributed by atoms with Crippen molar-refractivity contribution in [1.29, 1.82) is 0 Å². The third-order valence-corrected chi connectivity index (χ3v) is 4.51. The molecule has 3 aromatic rings. The maximum atomic E-state index is 4.19. The van der Waals surface area contributed by atoms with Crippen LogP contribution in [0.15, 0.2) is 47.4 Å². The van der Waals surface area contributed by atoms with Crippen molar-refractivity contribution in [2.75, 3.05) is 0 Å². The van der Waals surface area contributed by atoms with Gasteiger partial charge in [-0.2, -0.15) is 0 Å². The van der Waals surface area contributed by atoms with Gasteiger partial charge in [-0.15, -0.1) is 0 Å². The van der Waals surface area contributed by atoms with E-state index in [9.17, 15) is 0 Å². The average Bonchev–Trinajstić information content (AvgIpc) is 3.05. The average molecular weight is 297 g/mol. The predicted octanol–water partition coefficient (Wildman–Crippen LogP) is 2.77. The number of benzene rings is 2. The molecule has 0 fully saturated rings. The molecule has 0 saturated heterocycles. The molecular formula is C15H10N2Se. The van der Waals surface area contributed by atoms with Crippen LogP contribution in [0.2, 0.25) is 0 Å². The summed E-state index contributed by atoms with van der Waals surface area (Å²) in [5.41, 5.74) is 7.82. The van der Waals surface area contributed by atoms with Crippen LogP contribution in [0.4, 0.5) is 0 Å². The van der Waals surface area contributed by atoms with Gasteiger partial charge in [0.05, 0.1) is 0 Å². The zero-order chi connectivity index (χ0) is 11.9. The number of hydrogen-bond acceptors (Lipinski definition) is 2. The van der Waals surface area contributed by atoms with Gasteiger partial charge in [0, 0.05) is 0 Å². The molecule has 1 aliphatic carbocycles. The molecule has 0 radical (unpaired) electrons. The molecule has 0 saturated carbocycles. The van der Waals surface area contributed by atoms with Crippen molar-refractivity contribution in [3.8, 4) is 22.4 Å². The second-order valence-electron chi connectivity index (χ2n) is 4.50. The molecule has 0 amide bonds. The molecule has 1 heterocycles. The van der Waals surface area contributed by atoms with Gasteiger partial charge < -0.3 is 0 Å². The summed E-state index contributed by atoms with van der Waals surface area (Å²) < 4.78 is 4.07. The summed E-state index contributed by atoms with van der Waals surface area (Å²) >= 11 is 0.206. The fraction of sp³-hybridized carbons (Fsp3) is 0.0667. The quantitative estimate of drug-likeness (QED) is 0.505. The van der Waals surface area contributed by atoms with Gasteiger partial charge >= 0.3 is 111 Å². The van der Waals surface area contributed by atoms with Crippen molar-refractivity contribution in [3.63, 3.8) is 0 Å². The molecule has 0 aliphatic heterocycles. The van der Waals surface area contributed by atoms with Gasteiger partial charge in [0.25, 0.3) is 0 Å². The SMILES string of the molecule is c1ccc2c(c1)Cc1cc(-c3c[se]nn3)ccc1-2. The fourth-order valence-electron chi connectivity index (χ4n) is 2.59. The standard InChI is InChI=1S/C15H10N2Se/c1-2-4-13-10(3-1)7-12-8-11(5-6-14(12)13)15-9-18-17-16-15/h1-6,8-9H,7H2.